The lowest BCUT2D eigenvalue weighted by Gasteiger charge is -2.09. The summed E-state index contributed by atoms with van der Waals surface area (Å²) in [4.78, 5) is 25.2. The molecule has 0 atom stereocenters. The molecule has 0 aromatic heterocycles. The molecule has 0 saturated carbocycles. The highest BCUT2D eigenvalue weighted by atomic mass is 35.5. The van der Waals surface area contributed by atoms with Crippen molar-refractivity contribution in [3.8, 4) is 5.75 Å². The molecule has 1 fully saturated rings. The van der Waals surface area contributed by atoms with Crippen molar-refractivity contribution >= 4 is 41.4 Å². The summed E-state index contributed by atoms with van der Waals surface area (Å²) < 4.78 is 5.11. The quantitative estimate of drug-likeness (QED) is 0.862. The number of carbonyl (C=O) groups excluding carboxylic acids is 2. The Morgan fingerprint density at radius 3 is 2.80 bits per heavy atom. The Morgan fingerprint density at radius 1 is 1.40 bits per heavy atom. The lowest BCUT2D eigenvalue weighted by atomic mass is 10.2. The lowest BCUT2D eigenvalue weighted by Crippen LogP contribution is -2.33. The van der Waals surface area contributed by atoms with Gasteiger partial charge in [0, 0.05) is 13.1 Å². The van der Waals surface area contributed by atoms with E-state index in [2.05, 4.69) is 0 Å². The molecule has 0 unspecified atom stereocenters. The van der Waals surface area contributed by atoms with Crippen LogP contribution in [0.2, 0.25) is 0 Å². The van der Waals surface area contributed by atoms with Gasteiger partial charge in [-0.05, 0) is 35.5 Å². The van der Waals surface area contributed by atoms with Crippen LogP contribution in [-0.2, 0) is 4.79 Å². The van der Waals surface area contributed by atoms with E-state index in [0.29, 0.717) is 10.7 Å². The highest BCUT2D eigenvalue weighted by Crippen LogP contribution is 2.32. The summed E-state index contributed by atoms with van der Waals surface area (Å²) >= 11 is 0.932. The maximum absolute atomic E-state index is 12.0. The topological polar surface area (TPSA) is 72.6 Å². The predicted molar refractivity (Wildman–Crippen MR) is 82.0 cm³/mol. The molecule has 1 heterocycles. The number of methoxy groups -OCH3 is 1. The van der Waals surface area contributed by atoms with Crippen LogP contribution in [0.1, 0.15) is 5.56 Å². The number of thioether (sulfide) groups is 1. The van der Waals surface area contributed by atoms with Gasteiger partial charge in [-0.25, -0.2) is 0 Å². The van der Waals surface area contributed by atoms with Crippen molar-refractivity contribution in [3.05, 3.63) is 34.7 Å². The third kappa shape index (κ3) is 3.53. The summed E-state index contributed by atoms with van der Waals surface area (Å²) in [5.41, 5.74) is 6.19. The smallest absolute Gasteiger partial charge is 0.293 e. The predicted octanol–water partition coefficient (Wildman–Crippen LogP) is 2.11. The fourth-order valence-corrected chi connectivity index (χ4v) is 2.57. The van der Waals surface area contributed by atoms with Crippen molar-refractivity contribution in [2.75, 3.05) is 20.2 Å². The Labute approximate surface area is 127 Å². The fraction of sp³-hybridized carbons (Fsp3) is 0.231. The Balaban J connectivity index is 0.00000200. The van der Waals surface area contributed by atoms with Crippen molar-refractivity contribution < 1.29 is 14.3 Å². The average Bonchev–Trinajstić information content (AvgIpc) is 2.67. The van der Waals surface area contributed by atoms with E-state index in [4.69, 9.17) is 10.5 Å². The number of hydrogen-bond acceptors (Lipinski definition) is 5. The van der Waals surface area contributed by atoms with Crippen molar-refractivity contribution in [1.82, 2.24) is 4.90 Å². The SMILES string of the molecule is COc1cccc(/C=C2\SC(=O)N(CCN)C2=O)c1.Cl. The zero-order valence-corrected chi connectivity index (χ0v) is 12.5. The van der Waals surface area contributed by atoms with Crippen LogP contribution >= 0.6 is 24.2 Å². The Morgan fingerprint density at radius 2 is 2.15 bits per heavy atom. The van der Waals surface area contributed by atoms with Crippen LogP contribution in [0.4, 0.5) is 4.79 Å². The van der Waals surface area contributed by atoms with Crippen LogP contribution in [-0.4, -0.2) is 36.2 Å². The third-order valence-corrected chi connectivity index (χ3v) is 3.53. The normalized spacial score (nSPS) is 16.5. The number of hydrogen-bond donors (Lipinski definition) is 1. The zero-order valence-electron chi connectivity index (χ0n) is 10.9. The number of imide groups is 1. The van der Waals surface area contributed by atoms with Gasteiger partial charge in [-0.1, -0.05) is 12.1 Å². The van der Waals surface area contributed by atoms with E-state index in [1.165, 1.54) is 0 Å². The van der Waals surface area contributed by atoms with E-state index in [1.54, 1.807) is 19.3 Å². The van der Waals surface area contributed by atoms with E-state index in [0.717, 1.165) is 22.2 Å². The van der Waals surface area contributed by atoms with Crippen molar-refractivity contribution in [3.63, 3.8) is 0 Å². The summed E-state index contributed by atoms with van der Waals surface area (Å²) in [7, 11) is 1.58. The van der Waals surface area contributed by atoms with Gasteiger partial charge < -0.3 is 10.5 Å². The van der Waals surface area contributed by atoms with Gasteiger partial charge in [-0.2, -0.15) is 0 Å². The highest BCUT2D eigenvalue weighted by molar-refractivity contribution is 8.18. The Kier molecular flexibility index (Phi) is 6.06. The number of benzene rings is 1. The van der Waals surface area contributed by atoms with Crippen LogP contribution in [0.3, 0.4) is 0 Å². The summed E-state index contributed by atoms with van der Waals surface area (Å²) in [6, 6.07) is 7.29. The standard InChI is InChI=1S/C13H14N2O3S.ClH/c1-18-10-4-2-3-9(7-10)8-11-12(16)15(6-5-14)13(17)19-11;/h2-4,7-8H,5-6,14H2,1H3;1H/b11-8-;. The van der Waals surface area contributed by atoms with Crippen molar-refractivity contribution in [2.24, 2.45) is 5.73 Å². The number of nitrogens with two attached hydrogens (primary N) is 1. The van der Waals surface area contributed by atoms with Crippen LogP contribution < -0.4 is 10.5 Å². The Hall–Kier alpha value is -1.50. The van der Waals surface area contributed by atoms with E-state index in [-0.39, 0.29) is 36.6 Å². The molecule has 1 aliphatic rings. The molecule has 7 heteroatoms. The van der Waals surface area contributed by atoms with Gasteiger partial charge in [0.1, 0.15) is 5.75 Å². The molecule has 2 amide bonds. The Bertz CT molecular complexity index is 548. The highest BCUT2D eigenvalue weighted by Gasteiger charge is 2.34. The van der Waals surface area contributed by atoms with Crippen LogP contribution in [0.5, 0.6) is 5.75 Å². The van der Waals surface area contributed by atoms with Gasteiger partial charge in [0.15, 0.2) is 0 Å². The second-order valence-corrected chi connectivity index (χ2v) is 4.89. The van der Waals surface area contributed by atoms with Gasteiger partial charge in [-0.15, -0.1) is 12.4 Å². The van der Waals surface area contributed by atoms with E-state index < -0.39 is 0 Å². The molecule has 20 heavy (non-hydrogen) atoms. The monoisotopic (exact) mass is 314 g/mol. The van der Waals surface area contributed by atoms with Gasteiger partial charge in [0.05, 0.1) is 12.0 Å². The minimum Gasteiger partial charge on any atom is -0.497 e. The molecule has 108 valence electrons. The molecule has 1 aromatic rings. The maximum Gasteiger partial charge on any atom is 0.293 e. The number of ether oxygens (including phenoxy) is 1. The molecule has 0 aliphatic carbocycles. The molecule has 1 aromatic carbocycles. The molecule has 1 saturated heterocycles. The lowest BCUT2D eigenvalue weighted by molar-refractivity contribution is -0.122. The average molecular weight is 315 g/mol. The first-order valence-electron chi connectivity index (χ1n) is 5.75. The number of halogens is 1. The van der Waals surface area contributed by atoms with Crippen LogP contribution in [0.15, 0.2) is 29.2 Å². The molecule has 2 rings (SSSR count). The van der Waals surface area contributed by atoms with Gasteiger partial charge in [0.25, 0.3) is 11.1 Å². The fourth-order valence-electron chi connectivity index (χ4n) is 1.70. The van der Waals surface area contributed by atoms with Crippen molar-refractivity contribution in [2.45, 2.75) is 0 Å². The first kappa shape index (κ1) is 16.6. The molecular weight excluding hydrogens is 300 g/mol. The largest absolute Gasteiger partial charge is 0.497 e. The minimum atomic E-state index is -0.289. The third-order valence-electron chi connectivity index (χ3n) is 2.62. The summed E-state index contributed by atoms with van der Waals surface area (Å²) in [6.07, 6.45) is 1.68. The number of rotatable bonds is 4. The van der Waals surface area contributed by atoms with Gasteiger partial charge in [-0.3, -0.25) is 14.5 Å². The molecule has 5 nitrogen and oxygen atoms in total. The molecule has 1 aliphatic heterocycles. The summed E-state index contributed by atoms with van der Waals surface area (Å²) in [5.74, 6) is 0.415. The second-order valence-electron chi connectivity index (χ2n) is 3.90. The summed E-state index contributed by atoms with van der Waals surface area (Å²) in [5, 5.41) is -0.274. The molecular formula is C13H15ClN2O3S. The number of nitrogens with zero attached hydrogens (tertiary/aromatic N) is 1. The molecule has 0 spiro atoms. The van der Waals surface area contributed by atoms with Crippen LogP contribution in [0, 0.1) is 0 Å². The molecule has 2 N–H and O–H groups in total. The second kappa shape index (κ2) is 7.33. The van der Waals surface area contributed by atoms with Gasteiger partial charge >= 0.3 is 0 Å². The first-order chi connectivity index (χ1) is 9.15. The summed E-state index contributed by atoms with van der Waals surface area (Å²) in [6.45, 7) is 0.518. The van der Waals surface area contributed by atoms with Crippen molar-refractivity contribution in [1.29, 1.82) is 0 Å². The van der Waals surface area contributed by atoms with E-state index in [1.807, 2.05) is 18.2 Å². The van der Waals surface area contributed by atoms with E-state index in [9.17, 15) is 9.59 Å². The number of amides is 2. The first-order valence-corrected chi connectivity index (χ1v) is 6.57. The van der Waals surface area contributed by atoms with Gasteiger partial charge in [0.2, 0.25) is 0 Å². The molecule has 0 radical (unpaired) electrons. The zero-order chi connectivity index (χ0) is 13.8. The van der Waals surface area contributed by atoms with E-state index >= 15 is 0 Å². The van der Waals surface area contributed by atoms with Crippen LogP contribution in [0.25, 0.3) is 6.08 Å². The minimum absolute atomic E-state index is 0. The number of carbonyl (C=O) groups is 2. The maximum atomic E-state index is 12.0. The molecule has 0 bridgehead atoms.